The second kappa shape index (κ2) is 6.29. The molecule has 7 heteroatoms. The zero-order chi connectivity index (χ0) is 13.6. The van der Waals surface area contributed by atoms with Gasteiger partial charge in [0.25, 0.3) is 5.69 Å². The molecule has 0 aliphatic heterocycles. The van der Waals surface area contributed by atoms with E-state index in [2.05, 4.69) is 0 Å². The van der Waals surface area contributed by atoms with Gasteiger partial charge in [0.15, 0.2) is 0 Å². The number of rotatable bonds is 5. The smallest absolute Gasteiger partial charge is 0.258 e. The number of benzene rings is 1. The van der Waals surface area contributed by atoms with Crippen molar-refractivity contribution in [1.82, 2.24) is 0 Å². The SMILES string of the molecule is CC(CSC#N)(SC#N)c1ccc([N+](=O)[O-])cc1. The van der Waals surface area contributed by atoms with Crippen molar-refractivity contribution < 1.29 is 4.92 Å². The summed E-state index contributed by atoms with van der Waals surface area (Å²) in [6, 6.07) is 6.06. The second-order valence-electron chi connectivity index (χ2n) is 3.61. The molecule has 0 fully saturated rings. The minimum Gasteiger partial charge on any atom is -0.258 e. The van der Waals surface area contributed by atoms with Crippen molar-refractivity contribution in [3.63, 3.8) is 0 Å². The number of thiocyanates is 2. The summed E-state index contributed by atoms with van der Waals surface area (Å²) in [5.41, 5.74) is 0.804. The summed E-state index contributed by atoms with van der Waals surface area (Å²) < 4.78 is -0.551. The Morgan fingerprint density at radius 3 is 2.39 bits per heavy atom. The quantitative estimate of drug-likeness (QED) is 0.467. The third-order valence-electron chi connectivity index (χ3n) is 2.37. The number of non-ortho nitro benzene ring substituents is 1. The van der Waals surface area contributed by atoms with Gasteiger partial charge in [0.1, 0.15) is 10.8 Å². The van der Waals surface area contributed by atoms with Gasteiger partial charge in [0.2, 0.25) is 0 Å². The van der Waals surface area contributed by atoms with Gasteiger partial charge in [-0.05, 0) is 36.0 Å². The monoisotopic (exact) mass is 279 g/mol. The number of nitriles is 2. The van der Waals surface area contributed by atoms with Crippen molar-refractivity contribution >= 4 is 29.2 Å². The van der Waals surface area contributed by atoms with Gasteiger partial charge >= 0.3 is 0 Å². The highest BCUT2D eigenvalue weighted by molar-refractivity contribution is 8.07. The van der Waals surface area contributed by atoms with Crippen molar-refractivity contribution in [1.29, 1.82) is 10.5 Å². The number of nitrogens with zero attached hydrogens (tertiary/aromatic N) is 3. The fourth-order valence-electron chi connectivity index (χ4n) is 1.38. The highest BCUT2D eigenvalue weighted by Gasteiger charge is 2.28. The van der Waals surface area contributed by atoms with Crippen LogP contribution in [-0.2, 0) is 4.75 Å². The molecule has 0 N–H and O–H groups in total. The lowest BCUT2D eigenvalue weighted by atomic mass is 10.0. The van der Waals surface area contributed by atoms with Crippen LogP contribution in [0.5, 0.6) is 0 Å². The number of thioether (sulfide) groups is 2. The predicted octanol–water partition coefficient (Wildman–Crippen LogP) is 3.24. The topological polar surface area (TPSA) is 90.7 Å². The number of nitro benzene ring substituents is 1. The highest BCUT2D eigenvalue weighted by Crippen LogP contribution is 2.38. The first-order valence-electron chi connectivity index (χ1n) is 4.86. The van der Waals surface area contributed by atoms with Gasteiger partial charge in [-0.25, -0.2) is 0 Å². The molecule has 0 heterocycles. The first kappa shape index (κ1) is 14.4. The number of hydrogen-bond donors (Lipinski definition) is 0. The lowest BCUT2D eigenvalue weighted by Gasteiger charge is -2.24. The lowest BCUT2D eigenvalue weighted by molar-refractivity contribution is -0.384. The summed E-state index contributed by atoms with van der Waals surface area (Å²) in [6.45, 7) is 1.84. The van der Waals surface area contributed by atoms with E-state index in [-0.39, 0.29) is 5.69 Å². The van der Waals surface area contributed by atoms with Crippen LogP contribution in [0.15, 0.2) is 24.3 Å². The third kappa shape index (κ3) is 3.39. The molecule has 1 aromatic rings. The average Bonchev–Trinajstić information content (AvgIpc) is 2.37. The van der Waals surface area contributed by atoms with Crippen LogP contribution in [0.2, 0.25) is 0 Å². The van der Waals surface area contributed by atoms with Crippen LogP contribution in [0.3, 0.4) is 0 Å². The minimum atomic E-state index is -0.551. The van der Waals surface area contributed by atoms with E-state index in [1.807, 2.05) is 17.7 Å². The first-order chi connectivity index (χ1) is 8.53. The molecule has 0 saturated heterocycles. The molecule has 0 radical (unpaired) electrons. The van der Waals surface area contributed by atoms with Crippen molar-refractivity contribution in [2.75, 3.05) is 5.75 Å². The van der Waals surface area contributed by atoms with Crippen molar-refractivity contribution in [2.24, 2.45) is 0 Å². The average molecular weight is 279 g/mol. The second-order valence-corrected chi connectivity index (χ2v) is 5.66. The number of nitro groups is 1. The van der Waals surface area contributed by atoms with Crippen molar-refractivity contribution in [2.45, 2.75) is 11.7 Å². The maximum Gasteiger partial charge on any atom is 0.269 e. The van der Waals surface area contributed by atoms with Crippen LogP contribution < -0.4 is 0 Å². The standard InChI is InChI=1S/C11H9N3O2S2/c1-11(18-8-13,6-17-7-12)9-2-4-10(5-3-9)14(15)16/h2-5H,6H2,1H3. The summed E-state index contributed by atoms with van der Waals surface area (Å²) in [6.07, 6.45) is 0. The van der Waals surface area contributed by atoms with Gasteiger partial charge in [-0.3, -0.25) is 10.1 Å². The van der Waals surface area contributed by atoms with E-state index >= 15 is 0 Å². The zero-order valence-corrected chi connectivity index (χ0v) is 11.1. The molecule has 92 valence electrons. The van der Waals surface area contributed by atoms with E-state index in [0.717, 1.165) is 29.1 Å². The van der Waals surface area contributed by atoms with Crippen molar-refractivity contribution in [3.8, 4) is 10.8 Å². The maximum atomic E-state index is 10.6. The summed E-state index contributed by atoms with van der Waals surface area (Å²) in [5.74, 6) is 0.444. The summed E-state index contributed by atoms with van der Waals surface area (Å²) in [5, 5.41) is 32.0. The molecule has 0 spiro atoms. The van der Waals surface area contributed by atoms with E-state index in [1.54, 1.807) is 12.1 Å². The third-order valence-corrected chi connectivity index (χ3v) is 4.33. The van der Waals surface area contributed by atoms with E-state index in [9.17, 15) is 10.1 Å². The maximum absolute atomic E-state index is 10.6. The van der Waals surface area contributed by atoms with E-state index in [1.165, 1.54) is 12.1 Å². The summed E-state index contributed by atoms with van der Waals surface area (Å²) in [4.78, 5) is 10.1. The van der Waals surface area contributed by atoms with Crippen LogP contribution in [0.4, 0.5) is 5.69 Å². The molecule has 0 aromatic heterocycles. The van der Waals surface area contributed by atoms with Crippen LogP contribution in [0.1, 0.15) is 12.5 Å². The van der Waals surface area contributed by atoms with E-state index in [4.69, 9.17) is 10.5 Å². The van der Waals surface area contributed by atoms with Crippen LogP contribution in [0.25, 0.3) is 0 Å². The van der Waals surface area contributed by atoms with Crippen LogP contribution >= 0.6 is 23.5 Å². The predicted molar refractivity (Wildman–Crippen MR) is 71.7 cm³/mol. The van der Waals surface area contributed by atoms with Crippen LogP contribution in [0, 0.1) is 31.4 Å². The molecule has 18 heavy (non-hydrogen) atoms. The molecule has 1 rings (SSSR count). The molecule has 5 nitrogen and oxygen atoms in total. The van der Waals surface area contributed by atoms with Gasteiger partial charge in [0, 0.05) is 17.9 Å². The Morgan fingerprint density at radius 2 is 1.94 bits per heavy atom. The fourth-order valence-corrected chi connectivity index (χ4v) is 2.75. The Labute approximate surface area is 113 Å². The Hall–Kier alpha value is -1.70. The molecule has 1 aromatic carbocycles. The largest absolute Gasteiger partial charge is 0.269 e. The molecule has 0 saturated carbocycles. The van der Waals surface area contributed by atoms with Gasteiger partial charge in [-0.2, -0.15) is 10.5 Å². The van der Waals surface area contributed by atoms with Gasteiger partial charge in [-0.1, -0.05) is 12.1 Å². The lowest BCUT2D eigenvalue weighted by Crippen LogP contribution is -2.19. The Kier molecular flexibility index (Phi) is 5.02. The normalized spacial score (nSPS) is 13.1. The minimum absolute atomic E-state index is 0.0102. The summed E-state index contributed by atoms with van der Waals surface area (Å²) >= 11 is 2.11. The number of hydrogen-bond acceptors (Lipinski definition) is 6. The molecule has 0 aliphatic carbocycles. The fraction of sp³-hybridized carbons (Fsp3) is 0.273. The molecular weight excluding hydrogens is 270 g/mol. The summed E-state index contributed by atoms with van der Waals surface area (Å²) in [7, 11) is 0. The van der Waals surface area contributed by atoms with E-state index in [0.29, 0.717) is 5.75 Å². The van der Waals surface area contributed by atoms with Crippen LogP contribution in [-0.4, -0.2) is 10.7 Å². The molecule has 1 unspecified atom stereocenters. The zero-order valence-electron chi connectivity index (χ0n) is 9.49. The Bertz CT molecular complexity index is 519. The Morgan fingerprint density at radius 1 is 1.33 bits per heavy atom. The first-order valence-corrected chi connectivity index (χ1v) is 6.66. The van der Waals surface area contributed by atoms with Crippen molar-refractivity contribution in [3.05, 3.63) is 39.9 Å². The van der Waals surface area contributed by atoms with Gasteiger partial charge in [-0.15, -0.1) is 0 Å². The molecule has 0 bridgehead atoms. The van der Waals surface area contributed by atoms with Gasteiger partial charge in [0.05, 0.1) is 9.67 Å². The Balaban J connectivity index is 3.03. The highest BCUT2D eigenvalue weighted by atomic mass is 32.2. The van der Waals surface area contributed by atoms with E-state index < -0.39 is 9.67 Å². The molecule has 0 aliphatic rings. The molecular formula is C11H9N3O2S2. The van der Waals surface area contributed by atoms with Gasteiger partial charge < -0.3 is 0 Å². The molecule has 0 amide bonds. The molecule has 1 atom stereocenters.